The third-order valence-electron chi connectivity index (χ3n) is 6.63. The Hall–Kier alpha value is -2.34. The Labute approximate surface area is 172 Å². The first-order valence-corrected chi connectivity index (χ1v) is 10.9. The van der Waals surface area contributed by atoms with E-state index in [2.05, 4.69) is 34.4 Å². The van der Waals surface area contributed by atoms with Gasteiger partial charge in [-0.3, -0.25) is 9.59 Å². The minimum Gasteiger partial charge on any atom is -0.361 e. The first kappa shape index (κ1) is 20.0. The summed E-state index contributed by atoms with van der Waals surface area (Å²) in [6.45, 7) is 4.24. The molecule has 0 spiro atoms. The molecule has 2 amide bonds. The minimum atomic E-state index is 0.0505. The Kier molecular flexibility index (Phi) is 6.19. The average Bonchev–Trinajstić information content (AvgIpc) is 3.17. The largest absolute Gasteiger partial charge is 0.361 e. The van der Waals surface area contributed by atoms with Crippen LogP contribution < -0.4 is 5.32 Å². The first-order valence-electron chi connectivity index (χ1n) is 10.9. The van der Waals surface area contributed by atoms with Gasteiger partial charge in [0.05, 0.1) is 0 Å². The van der Waals surface area contributed by atoms with Crippen LogP contribution in [0.25, 0.3) is 10.9 Å². The summed E-state index contributed by atoms with van der Waals surface area (Å²) < 4.78 is 0. The third-order valence-corrected chi connectivity index (χ3v) is 6.63. The lowest BCUT2D eigenvalue weighted by molar-refractivity contribution is -0.139. The van der Waals surface area contributed by atoms with Gasteiger partial charge >= 0.3 is 0 Å². The van der Waals surface area contributed by atoms with E-state index in [1.807, 2.05) is 23.2 Å². The normalized spacial score (nSPS) is 23.3. The molecule has 29 heavy (non-hydrogen) atoms. The molecule has 4 rings (SSSR count). The molecular weight excluding hydrogens is 364 g/mol. The summed E-state index contributed by atoms with van der Waals surface area (Å²) in [4.78, 5) is 32.9. The van der Waals surface area contributed by atoms with E-state index in [1.54, 1.807) is 0 Å². The van der Waals surface area contributed by atoms with E-state index in [0.29, 0.717) is 12.5 Å². The van der Waals surface area contributed by atoms with Crippen LogP contribution in [0.1, 0.15) is 31.2 Å². The van der Waals surface area contributed by atoms with Crippen molar-refractivity contribution in [3.8, 4) is 0 Å². The second-order valence-electron chi connectivity index (χ2n) is 8.58. The van der Waals surface area contributed by atoms with Crippen LogP contribution in [0.4, 0.5) is 0 Å². The highest BCUT2D eigenvalue weighted by molar-refractivity contribution is 5.83. The summed E-state index contributed by atoms with van der Waals surface area (Å²) in [6.07, 6.45) is 6.18. The van der Waals surface area contributed by atoms with Crippen molar-refractivity contribution in [1.29, 1.82) is 0 Å². The molecule has 2 fully saturated rings. The number of nitrogens with zero attached hydrogens (tertiary/aromatic N) is 2. The van der Waals surface area contributed by atoms with Crippen molar-refractivity contribution in [2.24, 2.45) is 11.8 Å². The fourth-order valence-corrected chi connectivity index (χ4v) is 4.69. The maximum absolute atomic E-state index is 12.8. The number of hydrogen-bond donors (Lipinski definition) is 2. The van der Waals surface area contributed by atoms with Gasteiger partial charge in [0.25, 0.3) is 0 Å². The first-order chi connectivity index (χ1) is 14.1. The van der Waals surface area contributed by atoms with Crippen LogP contribution in [0.15, 0.2) is 30.5 Å². The molecule has 1 aromatic heterocycles. The zero-order valence-electron chi connectivity index (χ0n) is 17.3. The number of carbonyl (C=O) groups is 2. The molecule has 0 bridgehead atoms. The minimum absolute atomic E-state index is 0.0505. The van der Waals surface area contributed by atoms with E-state index in [0.717, 1.165) is 63.8 Å². The van der Waals surface area contributed by atoms with E-state index in [4.69, 9.17) is 0 Å². The number of rotatable bonds is 5. The number of aromatic nitrogens is 1. The molecule has 156 valence electrons. The Morgan fingerprint density at radius 1 is 1.03 bits per heavy atom. The molecule has 6 nitrogen and oxygen atoms in total. The standard InChI is InChI=1S/C23H32N4O2/c1-26-12-14-27(15-13-26)23(29)18-8-6-17(7-9-18)22(28)24-11-10-19-16-25-21-5-3-2-4-20(19)21/h2-5,16-18,25H,6-15H2,1H3,(H,24,28). The number of nitrogens with one attached hydrogen (secondary N) is 2. The molecule has 1 aliphatic carbocycles. The molecule has 0 radical (unpaired) electrons. The number of aromatic amines is 1. The van der Waals surface area contributed by atoms with Crippen molar-refractivity contribution >= 4 is 22.7 Å². The molecule has 2 heterocycles. The van der Waals surface area contributed by atoms with Crippen molar-refractivity contribution in [2.75, 3.05) is 39.8 Å². The van der Waals surface area contributed by atoms with Crippen LogP contribution in [0.2, 0.25) is 0 Å². The zero-order valence-corrected chi connectivity index (χ0v) is 17.3. The van der Waals surface area contributed by atoms with Gasteiger partial charge in [0, 0.05) is 61.7 Å². The van der Waals surface area contributed by atoms with Crippen molar-refractivity contribution in [2.45, 2.75) is 32.1 Å². The van der Waals surface area contributed by atoms with Crippen LogP contribution in [-0.4, -0.2) is 66.4 Å². The van der Waals surface area contributed by atoms with Gasteiger partial charge in [-0.2, -0.15) is 0 Å². The molecule has 1 aliphatic heterocycles. The second kappa shape index (κ2) is 8.99. The molecule has 6 heteroatoms. The zero-order chi connectivity index (χ0) is 20.2. The quantitative estimate of drug-likeness (QED) is 0.816. The molecule has 1 saturated carbocycles. The highest BCUT2D eigenvalue weighted by Crippen LogP contribution is 2.30. The number of carbonyl (C=O) groups excluding carboxylic acids is 2. The number of benzene rings is 1. The monoisotopic (exact) mass is 396 g/mol. The molecule has 0 unspecified atom stereocenters. The molecule has 1 saturated heterocycles. The number of piperazine rings is 1. The topological polar surface area (TPSA) is 68.4 Å². The van der Waals surface area contributed by atoms with E-state index in [9.17, 15) is 9.59 Å². The van der Waals surface area contributed by atoms with E-state index < -0.39 is 0 Å². The lowest BCUT2D eigenvalue weighted by atomic mass is 9.81. The molecule has 1 aromatic carbocycles. The SMILES string of the molecule is CN1CCN(C(=O)C2CCC(C(=O)NCCc3c[nH]c4ccccc34)CC2)CC1. The van der Waals surface area contributed by atoms with E-state index in [-0.39, 0.29) is 17.7 Å². The molecular formula is C23H32N4O2. The molecule has 2 N–H and O–H groups in total. The van der Waals surface area contributed by atoms with Crippen LogP contribution in [-0.2, 0) is 16.0 Å². The highest BCUT2D eigenvalue weighted by Gasteiger charge is 2.32. The predicted molar refractivity (Wildman–Crippen MR) is 115 cm³/mol. The summed E-state index contributed by atoms with van der Waals surface area (Å²) in [5.41, 5.74) is 2.37. The number of likely N-dealkylation sites (N-methyl/N-ethyl adjacent to an activating group) is 1. The van der Waals surface area contributed by atoms with Gasteiger partial charge in [0.15, 0.2) is 0 Å². The number of H-pyrrole nitrogens is 1. The number of fused-ring (bicyclic) bond motifs is 1. The van der Waals surface area contributed by atoms with Crippen molar-refractivity contribution in [3.05, 3.63) is 36.0 Å². The van der Waals surface area contributed by atoms with Crippen LogP contribution in [0.3, 0.4) is 0 Å². The second-order valence-corrected chi connectivity index (χ2v) is 8.58. The van der Waals surface area contributed by atoms with Crippen molar-refractivity contribution in [3.63, 3.8) is 0 Å². The van der Waals surface area contributed by atoms with Gasteiger partial charge in [0.1, 0.15) is 0 Å². The number of amides is 2. The van der Waals surface area contributed by atoms with Gasteiger partial charge < -0.3 is 20.1 Å². The predicted octanol–water partition coefficient (Wildman–Crippen LogP) is 2.41. The van der Waals surface area contributed by atoms with Crippen LogP contribution in [0, 0.1) is 11.8 Å². The molecule has 2 aromatic rings. The Morgan fingerprint density at radius 2 is 1.72 bits per heavy atom. The van der Waals surface area contributed by atoms with Gasteiger partial charge in [-0.25, -0.2) is 0 Å². The average molecular weight is 397 g/mol. The fourth-order valence-electron chi connectivity index (χ4n) is 4.69. The lowest BCUT2D eigenvalue weighted by Gasteiger charge is -2.36. The Bertz CT molecular complexity index is 845. The Morgan fingerprint density at radius 3 is 2.48 bits per heavy atom. The van der Waals surface area contributed by atoms with Crippen molar-refractivity contribution in [1.82, 2.24) is 20.1 Å². The number of para-hydroxylation sites is 1. The molecule has 0 atom stereocenters. The van der Waals surface area contributed by atoms with Crippen LogP contribution >= 0.6 is 0 Å². The maximum atomic E-state index is 12.8. The number of hydrogen-bond acceptors (Lipinski definition) is 3. The lowest BCUT2D eigenvalue weighted by Crippen LogP contribution is -2.49. The summed E-state index contributed by atoms with van der Waals surface area (Å²) in [5, 5.41) is 4.34. The van der Waals surface area contributed by atoms with Gasteiger partial charge in [-0.1, -0.05) is 18.2 Å². The summed E-state index contributed by atoms with van der Waals surface area (Å²) in [5.74, 6) is 0.606. The Balaban J connectivity index is 1.20. The smallest absolute Gasteiger partial charge is 0.225 e. The van der Waals surface area contributed by atoms with Gasteiger partial charge in [-0.05, 0) is 50.8 Å². The molecule has 2 aliphatic rings. The summed E-state index contributed by atoms with van der Waals surface area (Å²) >= 11 is 0. The highest BCUT2D eigenvalue weighted by atomic mass is 16.2. The summed E-state index contributed by atoms with van der Waals surface area (Å²) in [6, 6.07) is 8.25. The van der Waals surface area contributed by atoms with E-state index in [1.165, 1.54) is 10.9 Å². The third kappa shape index (κ3) is 4.64. The van der Waals surface area contributed by atoms with Gasteiger partial charge in [-0.15, -0.1) is 0 Å². The fraction of sp³-hybridized carbons (Fsp3) is 0.565. The van der Waals surface area contributed by atoms with Gasteiger partial charge in [0.2, 0.25) is 11.8 Å². The van der Waals surface area contributed by atoms with Crippen molar-refractivity contribution < 1.29 is 9.59 Å². The van der Waals surface area contributed by atoms with Crippen LogP contribution in [0.5, 0.6) is 0 Å². The summed E-state index contributed by atoms with van der Waals surface area (Å²) in [7, 11) is 2.10. The maximum Gasteiger partial charge on any atom is 0.225 e. The van der Waals surface area contributed by atoms with E-state index >= 15 is 0 Å².